The molecule has 0 unspecified atom stereocenters. The van der Waals surface area contributed by atoms with E-state index in [1.54, 1.807) is 14.2 Å². The summed E-state index contributed by atoms with van der Waals surface area (Å²) in [5.74, 6) is 0. The van der Waals surface area contributed by atoms with Crippen molar-refractivity contribution in [3.05, 3.63) is 0 Å². The van der Waals surface area contributed by atoms with E-state index >= 15 is 0 Å². The van der Waals surface area contributed by atoms with Crippen molar-refractivity contribution in [2.75, 3.05) is 14.2 Å². The third kappa shape index (κ3) is 30.4. The molecule has 2 nitrogen and oxygen atoms in total. The van der Waals surface area contributed by atoms with Gasteiger partial charge in [0.1, 0.15) is 0 Å². The average Bonchev–Trinajstić information content (AvgIpc) is 2.90. The summed E-state index contributed by atoms with van der Waals surface area (Å²) < 4.78 is 10.8. The third-order valence-electron chi connectivity index (χ3n) is 8.07. The molecule has 0 saturated heterocycles. The van der Waals surface area contributed by atoms with Gasteiger partial charge >= 0.3 is 9.28 Å². The minimum Gasteiger partial charge on any atom is -0.400 e. The lowest BCUT2D eigenvalue weighted by molar-refractivity contribution is 0.276. The highest BCUT2D eigenvalue weighted by Crippen LogP contribution is 2.16. The van der Waals surface area contributed by atoms with Crippen molar-refractivity contribution in [2.45, 2.75) is 199 Å². The number of rotatable bonds is 32. The van der Waals surface area contributed by atoms with E-state index in [4.69, 9.17) is 8.85 Å². The van der Waals surface area contributed by atoms with Crippen LogP contribution in [0.2, 0.25) is 6.04 Å². The van der Waals surface area contributed by atoms with Crippen LogP contribution in [0.3, 0.4) is 0 Å². The van der Waals surface area contributed by atoms with E-state index in [0.29, 0.717) is 0 Å². The fraction of sp³-hybridized carbons (Fsp3) is 1.00. The lowest BCUT2D eigenvalue weighted by Gasteiger charge is -2.10. The number of hydrogen-bond donors (Lipinski definition) is 0. The van der Waals surface area contributed by atoms with Gasteiger partial charge in [0.05, 0.1) is 0 Å². The molecule has 0 radical (unpaired) electrons. The van der Waals surface area contributed by atoms with Gasteiger partial charge in [-0.1, -0.05) is 193 Å². The molecule has 0 aromatic heterocycles. The van der Waals surface area contributed by atoms with Crippen molar-refractivity contribution in [1.82, 2.24) is 0 Å². The Morgan fingerprint density at radius 1 is 0.306 bits per heavy atom. The summed E-state index contributed by atoms with van der Waals surface area (Å²) in [6, 6.07) is 1.17. The van der Waals surface area contributed by atoms with Crippen LogP contribution in [0.1, 0.15) is 193 Å². The van der Waals surface area contributed by atoms with Crippen LogP contribution in [-0.2, 0) is 8.85 Å². The average molecular weight is 527 g/mol. The minimum atomic E-state index is -1.30. The predicted octanol–water partition coefficient (Wildman–Crippen LogP) is 11.8. The van der Waals surface area contributed by atoms with Gasteiger partial charge in [0, 0.05) is 14.2 Å². The summed E-state index contributed by atoms with van der Waals surface area (Å²) in [6.07, 6.45) is 42.3. The Morgan fingerprint density at radius 2 is 0.500 bits per heavy atom. The molecule has 0 N–H and O–H groups in total. The van der Waals surface area contributed by atoms with Crippen LogP contribution < -0.4 is 0 Å². The molecule has 0 saturated carbocycles. The molecule has 0 fully saturated rings. The highest BCUT2D eigenvalue weighted by molar-refractivity contribution is 6.44. The Morgan fingerprint density at radius 3 is 0.694 bits per heavy atom. The van der Waals surface area contributed by atoms with Crippen LogP contribution in [-0.4, -0.2) is 23.5 Å². The van der Waals surface area contributed by atoms with Gasteiger partial charge in [-0.2, -0.15) is 0 Å². The van der Waals surface area contributed by atoms with Crippen LogP contribution in [0, 0.1) is 0 Å². The second-order valence-electron chi connectivity index (χ2n) is 11.6. The highest BCUT2D eigenvalue weighted by Gasteiger charge is 2.07. The minimum absolute atomic E-state index is 1.17. The highest BCUT2D eigenvalue weighted by atomic mass is 28.3. The van der Waals surface area contributed by atoms with Crippen molar-refractivity contribution in [1.29, 1.82) is 0 Å². The second kappa shape index (κ2) is 33.2. The molecule has 218 valence electrons. The molecule has 0 spiro atoms. The molecular formula is C33H70O2Si. The molecule has 0 aliphatic heterocycles. The largest absolute Gasteiger partial charge is 0.400 e. The molecule has 0 bridgehead atoms. The summed E-state index contributed by atoms with van der Waals surface area (Å²) in [6.45, 7) is 2.31. The first-order valence-electron chi connectivity index (χ1n) is 16.9. The van der Waals surface area contributed by atoms with Crippen LogP contribution in [0.25, 0.3) is 0 Å². The molecule has 0 heterocycles. The van der Waals surface area contributed by atoms with Gasteiger partial charge in [-0.25, -0.2) is 0 Å². The van der Waals surface area contributed by atoms with Crippen LogP contribution in [0.4, 0.5) is 0 Å². The number of hydrogen-bond acceptors (Lipinski definition) is 2. The zero-order valence-electron chi connectivity index (χ0n) is 25.6. The maximum absolute atomic E-state index is 5.38. The Kier molecular flexibility index (Phi) is 33.3. The van der Waals surface area contributed by atoms with Crippen molar-refractivity contribution < 1.29 is 8.85 Å². The Balaban J connectivity index is 3.04. The summed E-state index contributed by atoms with van der Waals surface area (Å²) in [5, 5.41) is 0. The van der Waals surface area contributed by atoms with Crippen LogP contribution in [0.15, 0.2) is 0 Å². The van der Waals surface area contributed by atoms with Gasteiger partial charge in [-0.15, -0.1) is 0 Å². The molecule has 0 aliphatic carbocycles. The van der Waals surface area contributed by atoms with E-state index in [9.17, 15) is 0 Å². The first-order chi connectivity index (χ1) is 17.8. The molecule has 36 heavy (non-hydrogen) atoms. The van der Waals surface area contributed by atoms with E-state index in [0.717, 1.165) is 0 Å². The van der Waals surface area contributed by atoms with Crippen molar-refractivity contribution in [3.8, 4) is 0 Å². The third-order valence-corrected chi connectivity index (χ3v) is 10.0. The van der Waals surface area contributed by atoms with Gasteiger partial charge in [0.25, 0.3) is 0 Å². The van der Waals surface area contributed by atoms with Crippen molar-refractivity contribution in [3.63, 3.8) is 0 Å². The lowest BCUT2D eigenvalue weighted by Crippen LogP contribution is -2.18. The summed E-state index contributed by atoms with van der Waals surface area (Å²) in [7, 11) is 2.29. The summed E-state index contributed by atoms with van der Waals surface area (Å²) in [4.78, 5) is 0. The summed E-state index contributed by atoms with van der Waals surface area (Å²) in [5.41, 5.74) is 0. The maximum Gasteiger partial charge on any atom is 0.320 e. The van der Waals surface area contributed by atoms with Crippen molar-refractivity contribution in [2.24, 2.45) is 0 Å². The molecule has 0 rings (SSSR count). The fourth-order valence-electron chi connectivity index (χ4n) is 5.49. The van der Waals surface area contributed by atoms with Gasteiger partial charge < -0.3 is 8.85 Å². The summed E-state index contributed by atoms with van der Waals surface area (Å²) >= 11 is 0. The van der Waals surface area contributed by atoms with E-state index in [2.05, 4.69) is 6.92 Å². The standard InChI is InChI=1S/C33H70O2Si/c1-4-5-6-7-8-9-10-11-12-13-14-15-16-17-18-19-20-21-22-23-24-25-26-27-28-29-30-31-32-33-36(34-2)35-3/h36H,4-33H2,1-3H3. The first kappa shape index (κ1) is 36.1. The first-order valence-corrected chi connectivity index (χ1v) is 18.7. The van der Waals surface area contributed by atoms with Gasteiger partial charge in [0.2, 0.25) is 0 Å². The topological polar surface area (TPSA) is 18.5 Å². The molecule has 0 amide bonds. The smallest absolute Gasteiger partial charge is 0.320 e. The van der Waals surface area contributed by atoms with Crippen molar-refractivity contribution >= 4 is 9.28 Å². The molecule has 0 aromatic carbocycles. The molecular weight excluding hydrogens is 456 g/mol. The SMILES string of the molecule is CCCCCCCCCCCCCCCCCCCCCCCCCCCCCCC[SiH](OC)OC. The number of unbranched alkanes of at least 4 members (excludes halogenated alkanes) is 28. The van der Waals surface area contributed by atoms with E-state index < -0.39 is 9.28 Å². The predicted molar refractivity (Wildman–Crippen MR) is 166 cm³/mol. The zero-order chi connectivity index (χ0) is 26.2. The molecule has 0 atom stereocenters. The molecule has 3 heteroatoms. The zero-order valence-corrected chi connectivity index (χ0v) is 26.8. The van der Waals surface area contributed by atoms with Gasteiger partial charge in [-0.05, 0) is 6.04 Å². The van der Waals surface area contributed by atoms with E-state index in [-0.39, 0.29) is 0 Å². The Labute approximate surface area is 231 Å². The van der Waals surface area contributed by atoms with Gasteiger partial charge in [0.15, 0.2) is 0 Å². The molecule has 0 aliphatic rings. The van der Waals surface area contributed by atoms with Crippen LogP contribution >= 0.6 is 0 Å². The normalized spacial score (nSPS) is 11.7. The fourth-order valence-corrected chi connectivity index (χ4v) is 6.77. The maximum atomic E-state index is 5.38. The van der Waals surface area contributed by atoms with Crippen LogP contribution in [0.5, 0.6) is 0 Å². The van der Waals surface area contributed by atoms with E-state index in [1.165, 1.54) is 192 Å². The second-order valence-corrected chi connectivity index (χ2v) is 14.0. The van der Waals surface area contributed by atoms with E-state index in [1.807, 2.05) is 0 Å². The van der Waals surface area contributed by atoms with Gasteiger partial charge in [-0.3, -0.25) is 0 Å². The lowest BCUT2D eigenvalue weighted by atomic mass is 10.0. The Bertz CT molecular complexity index is 373. The monoisotopic (exact) mass is 527 g/mol. The quantitative estimate of drug-likeness (QED) is 0.0640. The molecule has 0 aromatic rings. The Hall–Kier alpha value is 0.137.